The highest BCUT2D eigenvalue weighted by Gasteiger charge is 2.32. The molecule has 260 valence electrons. The van der Waals surface area contributed by atoms with Crippen LogP contribution in [0.4, 0.5) is 0 Å². The van der Waals surface area contributed by atoms with Crippen LogP contribution in [0.3, 0.4) is 0 Å². The van der Waals surface area contributed by atoms with E-state index >= 15 is 0 Å². The lowest BCUT2D eigenvalue weighted by Gasteiger charge is -2.35. The van der Waals surface area contributed by atoms with Gasteiger partial charge in [0.15, 0.2) is 0 Å². The topological polar surface area (TPSA) is 134 Å². The van der Waals surface area contributed by atoms with E-state index in [0.717, 1.165) is 18.2 Å². The average molecular weight is 645 g/mol. The summed E-state index contributed by atoms with van der Waals surface area (Å²) in [7, 11) is 0. The monoisotopic (exact) mass is 644 g/mol. The Morgan fingerprint density at radius 3 is 0.956 bits per heavy atom. The van der Waals surface area contributed by atoms with Crippen molar-refractivity contribution in [2.24, 2.45) is 5.41 Å². The van der Waals surface area contributed by atoms with E-state index < -0.39 is 23.3 Å². The van der Waals surface area contributed by atoms with Crippen LogP contribution in [0, 0.1) is 5.41 Å². The molecule has 0 aliphatic rings. The van der Waals surface area contributed by atoms with Crippen molar-refractivity contribution in [2.45, 2.75) is 91.5 Å². The van der Waals surface area contributed by atoms with E-state index in [1.165, 1.54) is 0 Å². The maximum Gasteiger partial charge on any atom is 0.330 e. The molecule has 0 rings (SSSR count). The molecule has 45 heavy (non-hydrogen) atoms. The van der Waals surface area contributed by atoms with Gasteiger partial charge in [0.1, 0.15) is 19.8 Å². The van der Waals surface area contributed by atoms with Gasteiger partial charge in [0.05, 0.1) is 76.3 Å². The first kappa shape index (κ1) is 42.4. The van der Waals surface area contributed by atoms with Gasteiger partial charge in [0.25, 0.3) is 0 Å². The van der Waals surface area contributed by atoms with Crippen LogP contribution < -0.4 is 0 Å². The second kappa shape index (κ2) is 24.6. The summed E-state index contributed by atoms with van der Waals surface area (Å²) >= 11 is 0. The molecule has 6 unspecified atom stereocenters. The average Bonchev–Trinajstić information content (AvgIpc) is 3.04. The predicted octanol–water partition coefficient (Wildman–Crippen LogP) is 4.00. The van der Waals surface area contributed by atoms with E-state index in [2.05, 4.69) is 19.7 Å². The molecule has 0 spiro atoms. The Kier molecular flexibility index (Phi) is 23.2. The summed E-state index contributed by atoms with van der Waals surface area (Å²) in [6.07, 6.45) is 2.31. The van der Waals surface area contributed by atoms with Crippen LogP contribution in [0.5, 0.6) is 0 Å². The lowest BCUT2D eigenvalue weighted by Crippen LogP contribution is -2.41. The molecule has 6 atom stereocenters. The van der Waals surface area contributed by atoms with Gasteiger partial charge in [-0.1, -0.05) is 26.7 Å². The van der Waals surface area contributed by atoms with Crippen LogP contribution in [-0.4, -0.2) is 114 Å². The van der Waals surface area contributed by atoms with Gasteiger partial charge in [-0.25, -0.2) is 14.4 Å². The summed E-state index contributed by atoms with van der Waals surface area (Å²) in [6.45, 7) is 25.5. The Hall–Kier alpha value is -2.61. The zero-order valence-corrected chi connectivity index (χ0v) is 28.3. The van der Waals surface area contributed by atoms with Gasteiger partial charge in [0, 0.05) is 23.6 Å². The zero-order valence-electron chi connectivity index (χ0n) is 28.3. The van der Waals surface area contributed by atoms with Crippen LogP contribution >= 0.6 is 0 Å². The van der Waals surface area contributed by atoms with Crippen molar-refractivity contribution in [3.63, 3.8) is 0 Å². The molecular formula is C33H56O12. The smallest absolute Gasteiger partial charge is 0.330 e. The Bertz CT molecular complexity index is 768. The maximum absolute atomic E-state index is 11.3. The molecule has 0 aromatic carbocycles. The Balaban J connectivity index is 5.12. The third kappa shape index (κ3) is 21.7. The molecule has 0 N–H and O–H groups in total. The number of carbonyl (C=O) groups excluding carboxylic acids is 3. The Morgan fingerprint density at radius 2 is 0.733 bits per heavy atom. The quantitative estimate of drug-likeness (QED) is 0.0692. The molecule has 0 fully saturated rings. The first-order valence-electron chi connectivity index (χ1n) is 15.4. The van der Waals surface area contributed by atoms with Gasteiger partial charge in [-0.15, -0.1) is 0 Å². The third-order valence-electron chi connectivity index (χ3n) is 6.50. The minimum absolute atomic E-state index is 0.114. The highest BCUT2D eigenvalue weighted by atomic mass is 16.6. The first-order chi connectivity index (χ1) is 21.3. The molecule has 0 aromatic heterocycles. The maximum atomic E-state index is 11.3. The number of carbonyl (C=O) groups is 3. The minimum Gasteiger partial charge on any atom is -0.460 e. The second-order valence-electron chi connectivity index (χ2n) is 11.2. The van der Waals surface area contributed by atoms with Crippen molar-refractivity contribution < 1.29 is 57.0 Å². The van der Waals surface area contributed by atoms with E-state index in [9.17, 15) is 14.4 Å². The first-order valence-corrected chi connectivity index (χ1v) is 15.4. The molecule has 0 heterocycles. The molecular weight excluding hydrogens is 588 g/mol. The number of hydrogen-bond donors (Lipinski definition) is 0. The molecule has 0 saturated carbocycles. The van der Waals surface area contributed by atoms with Gasteiger partial charge >= 0.3 is 17.9 Å². The molecule has 0 aromatic rings. The third-order valence-corrected chi connectivity index (χ3v) is 6.50. The van der Waals surface area contributed by atoms with Crippen LogP contribution in [0.1, 0.15) is 54.9 Å². The molecule has 0 radical (unpaired) electrons. The zero-order chi connectivity index (χ0) is 34.3. The fourth-order valence-corrected chi connectivity index (χ4v) is 3.35. The number of hydrogen-bond acceptors (Lipinski definition) is 12. The highest BCUT2D eigenvalue weighted by molar-refractivity contribution is 5.81. The van der Waals surface area contributed by atoms with Crippen LogP contribution in [-0.2, 0) is 57.0 Å². The van der Waals surface area contributed by atoms with Gasteiger partial charge in [0.2, 0.25) is 0 Å². The van der Waals surface area contributed by atoms with Crippen molar-refractivity contribution in [3.05, 3.63) is 38.0 Å². The van der Waals surface area contributed by atoms with E-state index in [4.69, 9.17) is 42.6 Å². The van der Waals surface area contributed by atoms with Gasteiger partial charge < -0.3 is 42.6 Å². The molecule has 12 heteroatoms. The Morgan fingerprint density at radius 1 is 0.489 bits per heavy atom. The summed E-state index contributed by atoms with van der Waals surface area (Å²) in [4.78, 5) is 33.9. The lowest BCUT2D eigenvalue weighted by molar-refractivity contribution is -0.148. The van der Waals surface area contributed by atoms with E-state index in [1.54, 1.807) is 0 Å². The fraction of sp³-hybridized carbons (Fsp3) is 0.727. The van der Waals surface area contributed by atoms with Gasteiger partial charge in [-0.05, 0) is 48.0 Å². The van der Waals surface area contributed by atoms with E-state index in [-0.39, 0.29) is 56.4 Å². The largest absolute Gasteiger partial charge is 0.460 e. The minimum atomic E-state index is -0.502. The molecule has 12 nitrogen and oxygen atoms in total. The van der Waals surface area contributed by atoms with E-state index in [1.807, 2.05) is 48.5 Å². The number of esters is 3. The SMILES string of the molecule is C=CC(=O)OCC(C)OCC(C)OCC(CC)(COC(C)COC(C)COC(=O)C=C)COC(C)COC(C)COC(=O)C=C. The summed E-state index contributed by atoms with van der Waals surface area (Å²) in [6, 6.07) is 0. The van der Waals surface area contributed by atoms with Crippen LogP contribution in [0.2, 0.25) is 0 Å². The Labute approximate surface area is 269 Å². The van der Waals surface area contributed by atoms with Crippen LogP contribution in [0.25, 0.3) is 0 Å². The van der Waals surface area contributed by atoms with Crippen molar-refractivity contribution in [1.82, 2.24) is 0 Å². The number of rotatable bonds is 28. The van der Waals surface area contributed by atoms with Crippen LogP contribution in [0.15, 0.2) is 38.0 Å². The summed E-state index contributed by atoms with van der Waals surface area (Å²) in [5.74, 6) is -1.51. The van der Waals surface area contributed by atoms with Crippen molar-refractivity contribution >= 4 is 17.9 Å². The molecule has 0 aliphatic heterocycles. The predicted molar refractivity (Wildman–Crippen MR) is 169 cm³/mol. The van der Waals surface area contributed by atoms with Gasteiger partial charge in [-0.2, -0.15) is 0 Å². The standard InChI is InChI=1S/C33H56O12/c1-11-30(34)40-18-24(5)37-15-27(8)43-21-33(14-4,22-44-28(9)16-38-25(6)19-41-31(35)12-2)23-45-29(10)17-39-26(7)20-42-32(36)13-3/h11-13,24-29H,1-3,14-23H2,4-10H3. The van der Waals surface area contributed by atoms with Crippen molar-refractivity contribution in [2.75, 3.05) is 59.5 Å². The molecule has 0 amide bonds. The molecule has 0 saturated heterocycles. The summed E-state index contributed by atoms with van der Waals surface area (Å²) in [5, 5.41) is 0. The summed E-state index contributed by atoms with van der Waals surface area (Å²) in [5.41, 5.74) is -0.502. The summed E-state index contributed by atoms with van der Waals surface area (Å²) < 4.78 is 51.0. The molecule has 0 bridgehead atoms. The van der Waals surface area contributed by atoms with Gasteiger partial charge in [-0.3, -0.25) is 0 Å². The lowest BCUT2D eigenvalue weighted by atomic mass is 9.87. The normalized spacial score (nSPS) is 16.6. The number of ether oxygens (including phenoxy) is 9. The molecule has 0 aliphatic carbocycles. The second-order valence-corrected chi connectivity index (χ2v) is 11.2. The van der Waals surface area contributed by atoms with Crippen molar-refractivity contribution in [3.8, 4) is 0 Å². The van der Waals surface area contributed by atoms with Crippen molar-refractivity contribution in [1.29, 1.82) is 0 Å². The fourth-order valence-electron chi connectivity index (χ4n) is 3.35. The highest BCUT2D eigenvalue weighted by Crippen LogP contribution is 2.26. The van der Waals surface area contributed by atoms with E-state index in [0.29, 0.717) is 46.1 Å².